The number of phenols is 1. The van der Waals surface area contributed by atoms with Gasteiger partial charge >= 0.3 is 0 Å². The zero-order valence-corrected chi connectivity index (χ0v) is 23.8. The van der Waals surface area contributed by atoms with Crippen molar-refractivity contribution < 1.29 is 39.0 Å². The third-order valence-electron chi connectivity index (χ3n) is 8.61. The number of primary amides is 1. The molecule has 0 radical (unpaired) electrons. The number of phenolic OH excluding ortho intramolecular Hbond substituents is 1. The number of amides is 2. The zero-order chi connectivity index (χ0) is 30.5. The maximum atomic E-state index is 14.0. The fraction of sp³-hybridized carbons (Fsp3) is 0.571. The molecule has 4 rings (SSSR count). The van der Waals surface area contributed by atoms with E-state index in [2.05, 4.69) is 10.6 Å². The molecule has 2 unspecified atom stereocenters. The van der Waals surface area contributed by atoms with Crippen molar-refractivity contribution >= 4 is 40.6 Å². The second-order valence-corrected chi connectivity index (χ2v) is 11.5. The molecule has 2 fully saturated rings. The molecule has 0 bridgehead atoms. The minimum absolute atomic E-state index is 0.0280. The largest absolute Gasteiger partial charge is 0.507 e. The van der Waals surface area contributed by atoms with Gasteiger partial charge in [-0.15, -0.1) is 0 Å². The second kappa shape index (κ2) is 11.0. The van der Waals surface area contributed by atoms with E-state index < -0.39 is 70.1 Å². The summed E-state index contributed by atoms with van der Waals surface area (Å²) in [4.78, 5) is 82.1. The Morgan fingerprint density at radius 3 is 2.34 bits per heavy atom. The molecule has 0 heterocycles. The van der Waals surface area contributed by atoms with Gasteiger partial charge in [0.1, 0.15) is 5.75 Å². The van der Waals surface area contributed by atoms with Crippen LogP contribution in [-0.4, -0.2) is 103 Å². The van der Waals surface area contributed by atoms with Crippen LogP contribution < -0.4 is 21.3 Å². The van der Waals surface area contributed by atoms with E-state index in [1.807, 2.05) is 6.92 Å². The first-order valence-corrected chi connectivity index (χ1v) is 13.5. The molecular formula is C28H37N5O8. The van der Waals surface area contributed by atoms with Gasteiger partial charge in [-0.1, -0.05) is 6.92 Å². The van der Waals surface area contributed by atoms with Gasteiger partial charge in [-0.3, -0.25) is 33.7 Å². The smallest absolute Gasteiger partial charge is 0.235 e. The van der Waals surface area contributed by atoms with Crippen LogP contribution in [0.25, 0.3) is 0 Å². The van der Waals surface area contributed by atoms with Gasteiger partial charge in [-0.2, -0.15) is 0 Å². The highest BCUT2D eigenvalue weighted by atomic mass is 16.3. The Morgan fingerprint density at radius 2 is 1.78 bits per heavy atom. The maximum Gasteiger partial charge on any atom is 0.235 e. The van der Waals surface area contributed by atoms with Crippen LogP contribution in [0.5, 0.6) is 5.75 Å². The number of aromatic hydroxyl groups is 1. The average molecular weight is 572 g/mol. The minimum Gasteiger partial charge on any atom is -0.507 e. The SMILES string of the molecule is CCNCC(=O)NCc1cc(N(C)C)c2c(c1O)C(=O)C1C(=O)[C@@]3(O)C(=O)C(C(N)=O)C(=O)[C@H](N(C)C)[C@H]3C[C@H]1C2. The first-order valence-electron chi connectivity index (χ1n) is 13.5. The number of aliphatic hydroxyl groups is 1. The predicted molar refractivity (Wildman–Crippen MR) is 146 cm³/mol. The van der Waals surface area contributed by atoms with Gasteiger partial charge in [0.25, 0.3) is 0 Å². The molecule has 0 spiro atoms. The number of Topliss-reactive ketones (excluding diaryl/α,β-unsaturated/α-hetero) is 4. The van der Waals surface area contributed by atoms with Gasteiger partial charge in [-0.25, -0.2) is 0 Å². The molecule has 2 saturated carbocycles. The van der Waals surface area contributed by atoms with Gasteiger partial charge in [0.15, 0.2) is 34.7 Å². The lowest BCUT2D eigenvalue weighted by Gasteiger charge is -2.52. The van der Waals surface area contributed by atoms with Gasteiger partial charge in [0.05, 0.1) is 24.1 Å². The van der Waals surface area contributed by atoms with E-state index in [-0.39, 0.29) is 43.0 Å². The monoisotopic (exact) mass is 571 g/mol. The van der Waals surface area contributed by atoms with Crippen LogP contribution in [0.2, 0.25) is 0 Å². The number of carbonyl (C=O) groups excluding carboxylic acids is 6. The van der Waals surface area contributed by atoms with Crippen LogP contribution in [0.3, 0.4) is 0 Å². The molecule has 1 aromatic carbocycles. The van der Waals surface area contributed by atoms with Crippen molar-refractivity contribution in [2.24, 2.45) is 29.4 Å². The Bertz CT molecular complexity index is 1340. The number of fused-ring (bicyclic) bond motifs is 3. The lowest BCUT2D eigenvalue weighted by atomic mass is 9.52. The van der Waals surface area contributed by atoms with Crippen molar-refractivity contribution in [1.82, 2.24) is 15.5 Å². The highest BCUT2D eigenvalue weighted by Crippen LogP contribution is 2.52. The fourth-order valence-electron chi connectivity index (χ4n) is 6.74. The summed E-state index contributed by atoms with van der Waals surface area (Å²) in [6.07, 6.45) is 0.125. The lowest BCUT2D eigenvalue weighted by Crippen LogP contribution is -2.74. The number of hydrogen-bond acceptors (Lipinski definition) is 11. The lowest BCUT2D eigenvalue weighted by molar-refractivity contribution is -0.181. The van der Waals surface area contributed by atoms with Crippen molar-refractivity contribution in [2.75, 3.05) is 46.2 Å². The van der Waals surface area contributed by atoms with Crippen molar-refractivity contribution in [3.05, 3.63) is 22.8 Å². The number of benzene rings is 1. The number of hydrogen-bond donors (Lipinski definition) is 5. The Morgan fingerprint density at radius 1 is 1.12 bits per heavy atom. The first kappa shape index (κ1) is 30.3. The van der Waals surface area contributed by atoms with Crippen LogP contribution in [0, 0.1) is 23.7 Å². The molecule has 1 aromatic rings. The average Bonchev–Trinajstić information content (AvgIpc) is 2.88. The Labute approximate surface area is 237 Å². The number of carbonyl (C=O) groups is 6. The topological polar surface area (TPSA) is 199 Å². The number of rotatable bonds is 8. The van der Waals surface area contributed by atoms with Gasteiger partial charge in [0.2, 0.25) is 11.8 Å². The zero-order valence-electron chi connectivity index (χ0n) is 23.8. The number of likely N-dealkylation sites (N-methyl/N-ethyl adjacent to an activating group) is 2. The molecule has 41 heavy (non-hydrogen) atoms. The Kier molecular flexibility index (Phi) is 8.09. The molecule has 3 aliphatic rings. The van der Waals surface area contributed by atoms with E-state index in [1.165, 1.54) is 19.0 Å². The minimum atomic E-state index is -2.78. The van der Waals surface area contributed by atoms with Crippen LogP contribution in [0.15, 0.2) is 6.07 Å². The molecule has 2 amide bonds. The number of ketones is 4. The molecule has 6 atom stereocenters. The van der Waals surface area contributed by atoms with Crippen molar-refractivity contribution in [3.8, 4) is 5.75 Å². The summed E-state index contributed by atoms with van der Waals surface area (Å²) in [6, 6.07) is 0.510. The first-order chi connectivity index (χ1) is 19.2. The van der Waals surface area contributed by atoms with E-state index in [9.17, 15) is 39.0 Å². The molecular weight excluding hydrogens is 534 g/mol. The number of nitrogens with zero attached hydrogens (tertiary/aromatic N) is 2. The van der Waals surface area contributed by atoms with E-state index in [0.29, 0.717) is 17.8 Å². The van der Waals surface area contributed by atoms with Crippen molar-refractivity contribution in [2.45, 2.75) is 38.0 Å². The predicted octanol–water partition coefficient (Wildman–Crippen LogP) is -1.84. The molecule has 0 aliphatic heterocycles. The molecule has 13 nitrogen and oxygen atoms in total. The molecule has 0 saturated heterocycles. The summed E-state index contributed by atoms with van der Waals surface area (Å²) < 4.78 is 0. The third-order valence-corrected chi connectivity index (χ3v) is 8.61. The number of nitrogens with one attached hydrogen (secondary N) is 2. The van der Waals surface area contributed by atoms with E-state index in [1.54, 1.807) is 25.1 Å². The standard InChI is InChI=1S/C28H37N5O8/c1-6-30-11-17(34)31-10-13-9-16(32(2)3)14-7-12-8-15-21(33(4)5)24(37)20(27(29)40)26(39)28(15,41)25(38)18(12)23(36)19(14)22(13)35/h9,12,15,18,20-21,30,35,41H,6-8,10-11H2,1-5H3,(H2,29,40)(H,31,34)/t12-,15-,18?,20?,21-,28-/m1/s1. The van der Waals surface area contributed by atoms with E-state index in [4.69, 9.17) is 5.73 Å². The van der Waals surface area contributed by atoms with Crippen LogP contribution in [0.4, 0.5) is 5.69 Å². The normalized spacial score (nSPS) is 29.1. The molecule has 3 aliphatic carbocycles. The number of nitrogens with two attached hydrogens (primary N) is 1. The van der Waals surface area contributed by atoms with Gasteiger partial charge < -0.3 is 31.5 Å². The van der Waals surface area contributed by atoms with Crippen molar-refractivity contribution in [3.63, 3.8) is 0 Å². The molecule has 222 valence electrons. The van der Waals surface area contributed by atoms with E-state index in [0.717, 1.165) is 0 Å². The fourth-order valence-corrected chi connectivity index (χ4v) is 6.74. The van der Waals surface area contributed by atoms with Crippen LogP contribution in [0.1, 0.15) is 34.8 Å². The summed E-state index contributed by atoms with van der Waals surface area (Å²) in [5.41, 5.74) is 3.81. The van der Waals surface area contributed by atoms with Gasteiger partial charge in [-0.05, 0) is 51.0 Å². The molecule has 0 aromatic heterocycles. The summed E-state index contributed by atoms with van der Waals surface area (Å²) in [5, 5.41) is 28.5. The van der Waals surface area contributed by atoms with E-state index >= 15 is 0 Å². The molecule has 6 N–H and O–H groups in total. The number of anilines is 1. The highest BCUT2D eigenvalue weighted by molar-refractivity contribution is 6.32. The summed E-state index contributed by atoms with van der Waals surface area (Å²) in [7, 11) is 6.59. The van der Waals surface area contributed by atoms with Crippen molar-refractivity contribution in [1.29, 1.82) is 0 Å². The summed E-state index contributed by atoms with van der Waals surface area (Å²) in [5.74, 6) is -11.3. The second-order valence-electron chi connectivity index (χ2n) is 11.5. The Balaban J connectivity index is 1.80. The Hall–Kier alpha value is -3.68. The molecule has 13 heteroatoms. The van der Waals surface area contributed by atoms with Gasteiger partial charge in [0, 0.05) is 37.8 Å². The summed E-state index contributed by atoms with van der Waals surface area (Å²) in [6.45, 7) is 2.42. The van der Waals surface area contributed by atoms with Crippen LogP contribution >= 0.6 is 0 Å². The summed E-state index contributed by atoms with van der Waals surface area (Å²) >= 11 is 0. The third kappa shape index (κ3) is 4.71. The highest BCUT2D eigenvalue weighted by Gasteiger charge is 2.69. The quantitative estimate of drug-likeness (QED) is 0.220. The maximum absolute atomic E-state index is 14.0. The van der Waals surface area contributed by atoms with Crippen LogP contribution in [-0.2, 0) is 36.9 Å².